The van der Waals surface area contributed by atoms with Gasteiger partial charge in [0.15, 0.2) is 17.3 Å². The van der Waals surface area contributed by atoms with E-state index in [0.717, 1.165) is 0 Å². The topological polar surface area (TPSA) is 120 Å². The maximum Gasteiger partial charge on any atom is 0.323 e. The zero-order valence-corrected chi connectivity index (χ0v) is 19.0. The van der Waals surface area contributed by atoms with Crippen LogP contribution in [0.5, 0.6) is 11.5 Å². The van der Waals surface area contributed by atoms with Crippen molar-refractivity contribution in [3.63, 3.8) is 0 Å². The molecule has 3 amide bonds. The summed E-state index contributed by atoms with van der Waals surface area (Å²) in [4.78, 5) is 36.8. The molecule has 0 aliphatic carbocycles. The van der Waals surface area contributed by atoms with Crippen molar-refractivity contribution in [2.24, 2.45) is 5.73 Å². The average Bonchev–Trinajstić information content (AvgIpc) is 2.83. The molecule has 8 heteroatoms. The van der Waals surface area contributed by atoms with E-state index < -0.39 is 5.91 Å². The lowest BCUT2D eigenvalue weighted by Crippen LogP contribution is -2.19. The predicted molar refractivity (Wildman–Crippen MR) is 132 cm³/mol. The number of benzene rings is 3. The molecular formula is C26H25N3O5. The fourth-order valence-corrected chi connectivity index (χ4v) is 3.32. The Morgan fingerprint density at radius 2 is 1.32 bits per heavy atom. The van der Waals surface area contributed by atoms with Gasteiger partial charge in [0.25, 0.3) is 0 Å². The monoisotopic (exact) mass is 459 g/mol. The molecule has 0 aliphatic heterocycles. The highest BCUT2D eigenvalue weighted by atomic mass is 16.5. The zero-order valence-electron chi connectivity index (χ0n) is 19.0. The number of nitrogens with one attached hydrogen (secondary N) is 2. The van der Waals surface area contributed by atoms with Crippen LogP contribution in [-0.4, -0.2) is 31.9 Å². The molecule has 3 aromatic carbocycles. The van der Waals surface area contributed by atoms with Crippen molar-refractivity contribution in [3.05, 3.63) is 83.4 Å². The molecule has 0 bridgehead atoms. The molecule has 0 fully saturated rings. The van der Waals surface area contributed by atoms with Crippen LogP contribution >= 0.6 is 0 Å². The van der Waals surface area contributed by atoms with Crippen LogP contribution in [0, 0.1) is 0 Å². The van der Waals surface area contributed by atoms with Crippen molar-refractivity contribution in [2.45, 2.75) is 6.92 Å². The van der Waals surface area contributed by atoms with Crippen LogP contribution in [0.4, 0.5) is 16.2 Å². The minimum absolute atomic E-state index is 0.133. The molecule has 0 atom stereocenters. The van der Waals surface area contributed by atoms with Crippen LogP contribution in [0.15, 0.2) is 66.7 Å². The minimum Gasteiger partial charge on any atom is -0.493 e. The molecule has 8 nitrogen and oxygen atoms in total. The third-order valence-corrected chi connectivity index (χ3v) is 4.97. The van der Waals surface area contributed by atoms with Crippen LogP contribution in [0.2, 0.25) is 0 Å². The van der Waals surface area contributed by atoms with Crippen LogP contribution in [0.25, 0.3) is 11.6 Å². The molecule has 0 saturated carbocycles. The van der Waals surface area contributed by atoms with Gasteiger partial charge in [-0.2, -0.15) is 0 Å². The van der Waals surface area contributed by atoms with Crippen molar-refractivity contribution in [1.29, 1.82) is 0 Å². The molecular weight excluding hydrogens is 434 g/mol. The van der Waals surface area contributed by atoms with Crippen molar-refractivity contribution < 1.29 is 23.9 Å². The summed E-state index contributed by atoms with van der Waals surface area (Å²) in [5.41, 5.74) is 8.28. The van der Waals surface area contributed by atoms with E-state index in [9.17, 15) is 14.4 Å². The number of amides is 3. The Morgan fingerprint density at radius 3 is 1.82 bits per heavy atom. The molecule has 0 heterocycles. The number of hydrogen-bond acceptors (Lipinski definition) is 5. The van der Waals surface area contributed by atoms with Gasteiger partial charge in [-0.05, 0) is 55.0 Å². The van der Waals surface area contributed by atoms with Gasteiger partial charge in [0.2, 0.25) is 5.91 Å². The Balaban J connectivity index is 1.89. The van der Waals surface area contributed by atoms with Gasteiger partial charge < -0.3 is 25.8 Å². The van der Waals surface area contributed by atoms with E-state index in [4.69, 9.17) is 15.2 Å². The lowest BCUT2D eigenvalue weighted by atomic mass is 9.94. The molecule has 34 heavy (non-hydrogen) atoms. The number of anilines is 2. The highest BCUT2D eigenvalue weighted by Crippen LogP contribution is 2.34. The largest absolute Gasteiger partial charge is 0.493 e. The molecule has 0 saturated heterocycles. The number of hydrogen-bond donors (Lipinski definition) is 3. The Morgan fingerprint density at radius 1 is 0.794 bits per heavy atom. The molecule has 0 spiro atoms. The molecule has 0 aliphatic rings. The van der Waals surface area contributed by atoms with E-state index in [0.29, 0.717) is 34.0 Å². The molecule has 0 unspecified atom stereocenters. The van der Waals surface area contributed by atoms with E-state index >= 15 is 0 Å². The van der Waals surface area contributed by atoms with Crippen molar-refractivity contribution >= 4 is 40.7 Å². The second-order valence-corrected chi connectivity index (χ2v) is 7.30. The molecule has 3 rings (SSSR count). The molecule has 4 N–H and O–H groups in total. The number of urea groups is 1. The predicted octanol–water partition coefficient (Wildman–Crippen LogP) is 4.58. The van der Waals surface area contributed by atoms with Gasteiger partial charge in [0.1, 0.15) is 0 Å². The summed E-state index contributed by atoms with van der Waals surface area (Å²) in [7, 11) is 2.92. The van der Waals surface area contributed by atoms with Gasteiger partial charge in [-0.25, -0.2) is 4.79 Å². The summed E-state index contributed by atoms with van der Waals surface area (Å²) in [5.74, 6) is -0.241. The lowest BCUT2D eigenvalue weighted by Gasteiger charge is -2.15. The summed E-state index contributed by atoms with van der Waals surface area (Å²) in [5, 5.41) is 5.47. The molecule has 174 valence electrons. The normalized spacial score (nSPS) is 10.9. The lowest BCUT2D eigenvalue weighted by molar-refractivity contribution is -0.112. The second-order valence-electron chi connectivity index (χ2n) is 7.30. The van der Waals surface area contributed by atoms with Gasteiger partial charge in [-0.1, -0.05) is 30.3 Å². The maximum atomic E-state index is 12.3. The third-order valence-electron chi connectivity index (χ3n) is 4.97. The van der Waals surface area contributed by atoms with Crippen LogP contribution < -0.4 is 25.8 Å². The number of nitrogens with two attached hydrogens (primary N) is 1. The molecule has 0 aromatic heterocycles. The van der Waals surface area contributed by atoms with Crippen molar-refractivity contribution in [2.75, 3.05) is 24.9 Å². The first-order valence-electron chi connectivity index (χ1n) is 10.3. The summed E-state index contributed by atoms with van der Waals surface area (Å²) in [6.45, 7) is 1.39. The van der Waals surface area contributed by atoms with Gasteiger partial charge in [-0.15, -0.1) is 0 Å². The van der Waals surface area contributed by atoms with Crippen LogP contribution in [0.3, 0.4) is 0 Å². The zero-order chi connectivity index (χ0) is 24.7. The minimum atomic E-state index is -0.709. The van der Waals surface area contributed by atoms with E-state index in [1.54, 1.807) is 48.5 Å². The van der Waals surface area contributed by atoms with Gasteiger partial charge in [0, 0.05) is 28.1 Å². The Bertz CT molecular complexity index is 1240. The number of carbonyl (C=O) groups is 3. The first kappa shape index (κ1) is 24.1. The van der Waals surface area contributed by atoms with E-state index in [2.05, 4.69) is 10.6 Å². The first-order chi connectivity index (χ1) is 16.3. The SMILES string of the molecule is COc1cc(C(C)=O)c(C(=Cc2ccc(NC(=O)Nc3ccccc3)cc2)C(N)=O)cc1OC. The van der Waals surface area contributed by atoms with Gasteiger partial charge in [0.05, 0.1) is 14.2 Å². The Hall–Kier alpha value is -4.59. The van der Waals surface area contributed by atoms with E-state index in [1.807, 2.05) is 18.2 Å². The fourth-order valence-electron chi connectivity index (χ4n) is 3.32. The Kier molecular flexibility index (Phi) is 7.66. The summed E-state index contributed by atoms with van der Waals surface area (Å²) in [6, 6.07) is 18.6. The second kappa shape index (κ2) is 10.8. The number of ether oxygens (including phenoxy) is 2. The van der Waals surface area contributed by atoms with Crippen LogP contribution in [-0.2, 0) is 4.79 Å². The number of para-hydroxylation sites is 1. The van der Waals surface area contributed by atoms with Gasteiger partial charge in [-0.3, -0.25) is 9.59 Å². The Labute approximate surface area is 197 Å². The van der Waals surface area contributed by atoms with E-state index in [-0.39, 0.29) is 23.0 Å². The standard InChI is InChI=1S/C26H25N3O5/c1-16(30)20-14-23(33-2)24(34-3)15-21(20)22(25(27)31)13-17-9-11-19(12-10-17)29-26(32)28-18-7-5-4-6-8-18/h4-15H,1-3H3,(H2,27,31)(H2,28,29,32). The number of carbonyl (C=O) groups excluding carboxylic acids is 3. The number of primary amides is 1. The quantitative estimate of drug-likeness (QED) is 0.259. The number of rotatable bonds is 8. The summed E-state index contributed by atoms with van der Waals surface area (Å²) in [6.07, 6.45) is 1.57. The van der Waals surface area contributed by atoms with E-state index in [1.165, 1.54) is 27.2 Å². The average molecular weight is 460 g/mol. The fraction of sp³-hybridized carbons (Fsp3) is 0.115. The van der Waals surface area contributed by atoms with Crippen molar-refractivity contribution in [3.8, 4) is 11.5 Å². The molecule has 0 radical (unpaired) electrons. The van der Waals surface area contributed by atoms with Crippen molar-refractivity contribution in [1.82, 2.24) is 0 Å². The summed E-state index contributed by atoms with van der Waals surface area (Å²) < 4.78 is 10.6. The smallest absolute Gasteiger partial charge is 0.323 e. The first-order valence-corrected chi connectivity index (χ1v) is 10.3. The number of ketones is 1. The maximum absolute atomic E-state index is 12.3. The highest BCUT2D eigenvalue weighted by molar-refractivity contribution is 6.25. The van der Waals surface area contributed by atoms with Crippen LogP contribution in [0.1, 0.15) is 28.4 Å². The third kappa shape index (κ3) is 5.80. The van der Waals surface area contributed by atoms with Gasteiger partial charge >= 0.3 is 6.03 Å². The number of methoxy groups -OCH3 is 2. The summed E-state index contributed by atoms with van der Waals surface area (Å²) >= 11 is 0. The molecule has 3 aromatic rings. The highest BCUT2D eigenvalue weighted by Gasteiger charge is 2.20. The number of Topliss-reactive ketones (excluding diaryl/α,β-unsaturated/α-hetero) is 1.